The summed E-state index contributed by atoms with van der Waals surface area (Å²) < 4.78 is 3.65. The number of nitrogens with zero attached hydrogens (tertiary/aromatic N) is 5. The van der Waals surface area contributed by atoms with Crippen molar-refractivity contribution in [1.29, 1.82) is 0 Å². The standard InChI is InChI=1S/C13H16N6O/c1-18-8-15-12(17-18)4-5-19-11-3-2-9(14)6-10(11)16-13(19)7-20/h2-3,6,8,20H,4-5,7,14H2,1H3. The van der Waals surface area contributed by atoms with Crippen LogP contribution in [-0.2, 0) is 26.6 Å². The van der Waals surface area contributed by atoms with Gasteiger partial charge in [-0.15, -0.1) is 0 Å². The minimum atomic E-state index is -0.107. The number of nitrogens with two attached hydrogens (primary N) is 1. The van der Waals surface area contributed by atoms with Crippen molar-refractivity contribution in [1.82, 2.24) is 24.3 Å². The quantitative estimate of drug-likeness (QED) is 0.674. The molecule has 0 aliphatic rings. The topological polar surface area (TPSA) is 94.8 Å². The second kappa shape index (κ2) is 4.93. The number of imidazole rings is 1. The van der Waals surface area contributed by atoms with Crippen molar-refractivity contribution in [2.45, 2.75) is 19.6 Å². The van der Waals surface area contributed by atoms with Gasteiger partial charge in [-0.05, 0) is 18.2 Å². The monoisotopic (exact) mass is 272 g/mol. The molecule has 0 radical (unpaired) electrons. The van der Waals surface area contributed by atoms with Gasteiger partial charge in [0.25, 0.3) is 0 Å². The van der Waals surface area contributed by atoms with Crippen LogP contribution in [0.2, 0.25) is 0 Å². The summed E-state index contributed by atoms with van der Waals surface area (Å²) in [6, 6.07) is 5.56. The zero-order valence-electron chi connectivity index (χ0n) is 11.2. The van der Waals surface area contributed by atoms with Gasteiger partial charge in [0.1, 0.15) is 18.8 Å². The Morgan fingerprint density at radius 3 is 2.90 bits per heavy atom. The van der Waals surface area contributed by atoms with E-state index < -0.39 is 0 Å². The lowest BCUT2D eigenvalue weighted by molar-refractivity contribution is 0.266. The van der Waals surface area contributed by atoms with E-state index in [-0.39, 0.29) is 6.61 Å². The lowest BCUT2D eigenvalue weighted by Gasteiger charge is -2.06. The van der Waals surface area contributed by atoms with Crippen molar-refractivity contribution < 1.29 is 5.11 Å². The highest BCUT2D eigenvalue weighted by Gasteiger charge is 2.11. The first kappa shape index (κ1) is 12.6. The molecule has 7 heteroatoms. The number of aliphatic hydroxyl groups is 1. The number of hydrogen-bond donors (Lipinski definition) is 2. The van der Waals surface area contributed by atoms with Crippen molar-refractivity contribution in [2.75, 3.05) is 5.73 Å². The van der Waals surface area contributed by atoms with Crippen molar-refractivity contribution >= 4 is 16.7 Å². The Hall–Kier alpha value is -2.41. The molecule has 3 rings (SSSR count). The highest BCUT2D eigenvalue weighted by atomic mass is 16.3. The first-order valence-electron chi connectivity index (χ1n) is 6.37. The summed E-state index contributed by atoms with van der Waals surface area (Å²) in [4.78, 5) is 8.60. The van der Waals surface area contributed by atoms with E-state index in [1.165, 1.54) is 0 Å². The van der Waals surface area contributed by atoms with Gasteiger partial charge in [0.2, 0.25) is 0 Å². The van der Waals surface area contributed by atoms with Gasteiger partial charge >= 0.3 is 0 Å². The van der Waals surface area contributed by atoms with Gasteiger partial charge in [-0.3, -0.25) is 4.68 Å². The molecule has 3 aromatic rings. The Balaban J connectivity index is 1.93. The van der Waals surface area contributed by atoms with Crippen molar-refractivity contribution in [3.05, 3.63) is 36.2 Å². The molecule has 0 amide bonds. The fourth-order valence-corrected chi connectivity index (χ4v) is 2.28. The van der Waals surface area contributed by atoms with Gasteiger partial charge in [0.15, 0.2) is 5.82 Å². The summed E-state index contributed by atoms with van der Waals surface area (Å²) in [7, 11) is 1.84. The number of aryl methyl sites for hydroxylation is 3. The van der Waals surface area contributed by atoms with Crippen molar-refractivity contribution in [2.24, 2.45) is 7.05 Å². The molecule has 0 spiro atoms. The highest BCUT2D eigenvalue weighted by Crippen LogP contribution is 2.19. The first-order chi connectivity index (χ1) is 9.67. The van der Waals surface area contributed by atoms with Gasteiger partial charge < -0.3 is 15.4 Å². The highest BCUT2D eigenvalue weighted by molar-refractivity contribution is 5.79. The Kier molecular flexibility index (Phi) is 3.11. The van der Waals surface area contributed by atoms with Gasteiger partial charge in [0.05, 0.1) is 11.0 Å². The van der Waals surface area contributed by atoms with E-state index in [2.05, 4.69) is 15.1 Å². The molecule has 1 aromatic carbocycles. The minimum Gasteiger partial charge on any atom is -0.399 e. The molecule has 0 unspecified atom stereocenters. The van der Waals surface area contributed by atoms with E-state index in [0.29, 0.717) is 24.5 Å². The minimum absolute atomic E-state index is 0.107. The SMILES string of the molecule is Cn1cnc(CCn2c(CO)nc3cc(N)ccc32)n1. The Bertz CT molecular complexity index is 744. The van der Waals surface area contributed by atoms with E-state index in [1.54, 1.807) is 11.0 Å². The summed E-state index contributed by atoms with van der Waals surface area (Å²) in [6.45, 7) is 0.560. The van der Waals surface area contributed by atoms with E-state index in [1.807, 2.05) is 29.8 Å². The second-order valence-electron chi connectivity index (χ2n) is 4.67. The van der Waals surface area contributed by atoms with Crippen LogP contribution in [0.4, 0.5) is 5.69 Å². The van der Waals surface area contributed by atoms with Crippen LogP contribution in [0.5, 0.6) is 0 Å². The maximum absolute atomic E-state index is 9.44. The normalized spacial score (nSPS) is 11.3. The maximum atomic E-state index is 9.44. The number of aromatic nitrogens is 5. The number of aliphatic hydroxyl groups excluding tert-OH is 1. The third-order valence-corrected chi connectivity index (χ3v) is 3.20. The van der Waals surface area contributed by atoms with Gasteiger partial charge in [-0.25, -0.2) is 9.97 Å². The van der Waals surface area contributed by atoms with Crippen molar-refractivity contribution in [3.8, 4) is 0 Å². The lowest BCUT2D eigenvalue weighted by atomic mass is 10.3. The number of anilines is 1. The molecule has 0 aliphatic carbocycles. The second-order valence-corrected chi connectivity index (χ2v) is 4.67. The van der Waals surface area contributed by atoms with E-state index in [4.69, 9.17) is 5.73 Å². The number of rotatable bonds is 4. The smallest absolute Gasteiger partial charge is 0.152 e. The third kappa shape index (κ3) is 2.23. The molecule has 0 fully saturated rings. The maximum Gasteiger partial charge on any atom is 0.152 e. The van der Waals surface area contributed by atoms with Gasteiger partial charge in [0, 0.05) is 25.7 Å². The van der Waals surface area contributed by atoms with E-state index in [9.17, 15) is 5.11 Å². The Labute approximate surface area is 115 Å². The molecule has 0 saturated carbocycles. The molecule has 104 valence electrons. The number of fused-ring (bicyclic) bond motifs is 1. The fourth-order valence-electron chi connectivity index (χ4n) is 2.28. The molecule has 0 aliphatic heterocycles. The molecule has 3 N–H and O–H groups in total. The molecule has 0 bridgehead atoms. The van der Waals surface area contributed by atoms with Gasteiger partial charge in [-0.1, -0.05) is 0 Å². The van der Waals surface area contributed by atoms with Crippen LogP contribution in [0, 0.1) is 0 Å². The third-order valence-electron chi connectivity index (χ3n) is 3.20. The predicted octanol–water partition coefficient (Wildman–Crippen LogP) is 0.482. The van der Waals surface area contributed by atoms with Gasteiger partial charge in [-0.2, -0.15) is 5.10 Å². The predicted molar refractivity (Wildman–Crippen MR) is 74.8 cm³/mol. The molecule has 7 nitrogen and oxygen atoms in total. The molecule has 0 atom stereocenters. The van der Waals surface area contributed by atoms with Crippen LogP contribution in [0.15, 0.2) is 24.5 Å². The van der Waals surface area contributed by atoms with Crippen molar-refractivity contribution in [3.63, 3.8) is 0 Å². The van der Waals surface area contributed by atoms with Crippen LogP contribution in [-0.4, -0.2) is 29.4 Å². The van der Waals surface area contributed by atoms with E-state index in [0.717, 1.165) is 16.9 Å². The largest absolute Gasteiger partial charge is 0.399 e. The van der Waals surface area contributed by atoms with E-state index >= 15 is 0 Å². The average molecular weight is 272 g/mol. The number of benzene rings is 1. The Morgan fingerprint density at radius 2 is 2.20 bits per heavy atom. The lowest BCUT2D eigenvalue weighted by Crippen LogP contribution is -2.07. The van der Waals surface area contributed by atoms with Crippen LogP contribution in [0.3, 0.4) is 0 Å². The summed E-state index contributed by atoms with van der Waals surface area (Å²) in [5.41, 5.74) is 8.17. The molecule has 20 heavy (non-hydrogen) atoms. The summed E-state index contributed by atoms with van der Waals surface area (Å²) >= 11 is 0. The van der Waals surface area contributed by atoms with Crippen LogP contribution >= 0.6 is 0 Å². The first-order valence-corrected chi connectivity index (χ1v) is 6.37. The van der Waals surface area contributed by atoms with Crippen LogP contribution in [0.25, 0.3) is 11.0 Å². The summed E-state index contributed by atoms with van der Waals surface area (Å²) in [6.07, 6.45) is 2.36. The summed E-state index contributed by atoms with van der Waals surface area (Å²) in [5, 5.41) is 13.7. The van der Waals surface area contributed by atoms with Crippen LogP contribution < -0.4 is 5.73 Å². The zero-order chi connectivity index (χ0) is 14.1. The number of nitrogen functional groups attached to an aromatic ring is 1. The van der Waals surface area contributed by atoms with Crippen LogP contribution in [0.1, 0.15) is 11.6 Å². The molecule has 2 heterocycles. The summed E-state index contributed by atoms with van der Waals surface area (Å²) in [5.74, 6) is 1.40. The Morgan fingerprint density at radius 1 is 1.35 bits per heavy atom. The average Bonchev–Trinajstić information content (AvgIpc) is 2.99. The molecular formula is C13H16N6O. The molecular weight excluding hydrogens is 256 g/mol. The molecule has 2 aromatic heterocycles. The fraction of sp³-hybridized carbons (Fsp3) is 0.308. The number of hydrogen-bond acceptors (Lipinski definition) is 5. The zero-order valence-corrected chi connectivity index (χ0v) is 11.2. The molecule has 0 saturated heterocycles.